The number of fused-ring (bicyclic) bond motifs is 2. The molecule has 0 aromatic heterocycles. The molecule has 2 aliphatic carbocycles. The lowest BCUT2D eigenvalue weighted by atomic mass is 9.64. The molecular weight excluding hydrogens is 286 g/mol. The number of carbonyl (C=O) groups is 1. The minimum atomic E-state index is -0.00773. The third kappa shape index (κ3) is 3.74. The summed E-state index contributed by atoms with van der Waals surface area (Å²) in [6, 6.07) is 0. The van der Waals surface area contributed by atoms with Gasteiger partial charge in [-0.1, -0.05) is 13.8 Å². The van der Waals surface area contributed by atoms with E-state index in [9.17, 15) is 4.79 Å². The van der Waals surface area contributed by atoms with E-state index in [2.05, 4.69) is 45.3 Å². The number of amides is 1. The van der Waals surface area contributed by atoms with Gasteiger partial charge in [0.1, 0.15) is 0 Å². The van der Waals surface area contributed by atoms with Crippen molar-refractivity contribution in [2.24, 2.45) is 17.3 Å². The molecule has 2 fully saturated rings. The zero-order valence-electron chi connectivity index (χ0n) is 16.0. The third-order valence-electron chi connectivity index (χ3n) is 7.28. The molecule has 4 heteroatoms. The lowest BCUT2D eigenvalue weighted by Crippen LogP contribution is -3.11. The van der Waals surface area contributed by atoms with Gasteiger partial charge in [-0.3, -0.25) is 4.79 Å². The molecule has 0 aromatic rings. The molecule has 0 unspecified atom stereocenters. The van der Waals surface area contributed by atoms with Crippen molar-refractivity contribution in [3.63, 3.8) is 0 Å². The molecule has 0 aliphatic heterocycles. The summed E-state index contributed by atoms with van der Waals surface area (Å²) in [6.07, 6.45) is 5.14. The van der Waals surface area contributed by atoms with Gasteiger partial charge in [0.15, 0.2) is 6.54 Å². The molecule has 2 bridgehead atoms. The Morgan fingerprint density at radius 3 is 2.39 bits per heavy atom. The normalized spacial score (nSPS) is 31.7. The minimum absolute atomic E-state index is 0.00773. The smallest absolute Gasteiger partial charge is 0.275 e. The molecule has 23 heavy (non-hydrogen) atoms. The van der Waals surface area contributed by atoms with Crippen LogP contribution < -0.4 is 15.5 Å². The van der Waals surface area contributed by atoms with Crippen LogP contribution in [0.15, 0.2) is 0 Å². The van der Waals surface area contributed by atoms with Gasteiger partial charge in [0.05, 0.1) is 26.2 Å². The SMILES string of the molecule is CC[NH+](CC)CCC[NH2+]CC(=O)N[C@@]1(C)[C@@H]2CC[C@@H](C2)C1(C)C. The maximum Gasteiger partial charge on any atom is 0.275 e. The first-order valence-corrected chi connectivity index (χ1v) is 9.81. The summed E-state index contributed by atoms with van der Waals surface area (Å²) in [7, 11) is 0. The van der Waals surface area contributed by atoms with E-state index in [0.29, 0.717) is 12.5 Å². The van der Waals surface area contributed by atoms with Gasteiger partial charge >= 0.3 is 0 Å². The van der Waals surface area contributed by atoms with E-state index in [-0.39, 0.29) is 16.9 Å². The predicted octanol–water partition coefficient (Wildman–Crippen LogP) is 0.196. The van der Waals surface area contributed by atoms with Gasteiger partial charge < -0.3 is 15.5 Å². The lowest BCUT2D eigenvalue weighted by molar-refractivity contribution is -0.898. The maximum atomic E-state index is 12.4. The van der Waals surface area contributed by atoms with Gasteiger partial charge in [0.25, 0.3) is 5.91 Å². The highest BCUT2D eigenvalue weighted by atomic mass is 16.2. The first kappa shape index (κ1) is 18.7. The highest BCUT2D eigenvalue weighted by Crippen LogP contribution is 2.61. The largest absolute Gasteiger partial charge is 0.345 e. The Hall–Kier alpha value is -0.610. The summed E-state index contributed by atoms with van der Waals surface area (Å²) in [4.78, 5) is 14.1. The van der Waals surface area contributed by atoms with Crippen LogP contribution in [0.5, 0.6) is 0 Å². The van der Waals surface area contributed by atoms with Gasteiger partial charge in [-0.2, -0.15) is 0 Å². The van der Waals surface area contributed by atoms with Crippen LogP contribution in [0, 0.1) is 17.3 Å². The highest BCUT2D eigenvalue weighted by Gasteiger charge is 2.60. The van der Waals surface area contributed by atoms with E-state index in [1.54, 1.807) is 4.90 Å². The van der Waals surface area contributed by atoms with Crippen molar-refractivity contribution in [3.8, 4) is 0 Å². The van der Waals surface area contributed by atoms with Crippen molar-refractivity contribution in [1.29, 1.82) is 0 Å². The quantitative estimate of drug-likeness (QED) is 0.521. The fourth-order valence-corrected chi connectivity index (χ4v) is 5.05. The summed E-state index contributed by atoms with van der Waals surface area (Å²) in [5, 5.41) is 5.61. The van der Waals surface area contributed by atoms with E-state index < -0.39 is 0 Å². The van der Waals surface area contributed by atoms with Crippen LogP contribution in [0.2, 0.25) is 0 Å². The molecule has 4 nitrogen and oxygen atoms in total. The fraction of sp³-hybridized carbons (Fsp3) is 0.947. The van der Waals surface area contributed by atoms with Crippen molar-refractivity contribution in [3.05, 3.63) is 0 Å². The molecule has 0 heterocycles. The van der Waals surface area contributed by atoms with Gasteiger partial charge in [0.2, 0.25) is 0 Å². The summed E-state index contributed by atoms with van der Waals surface area (Å²) in [5.74, 6) is 1.69. The molecule has 0 spiro atoms. The molecule has 134 valence electrons. The monoisotopic (exact) mass is 325 g/mol. The number of hydrogen-bond donors (Lipinski definition) is 3. The van der Waals surface area contributed by atoms with Crippen LogP contribution in [0.3, 0.4) is 0 Å². The molecule has 2 rings (SSSR count). The Kier molecular flexibility index (Phi) is 6.12. The van der Waals surface area contributed by atoms with Crippen molar-refractivity contribution < 1.29 is 15.0 Å². The number of carbonyl (C=O) groups excluding carboxylic acids is 1. The average molecular weight is 326 g/mol. The Morgan fingerprint density at radius 2 is 1.83 bits per heavy atom. The second-order valence-electron chi connectivity index (χ2n) is 8.52. The topological polar surface area (TPSA) is 50.2 Å². The molecule has 2 aliphatic rings. The molecular formula is C19H39N3O+2. The van der Waals surface area contributed by atoms with Crippen molar-refractivity contribution >= 4 is 5.91 Å². The molecule has 1 amide bonds. The molecule has 0 radical (unpaired) electrons. The van der Waals surface area contributed by atoms with E-state index >= 15 is 0 Å². The summed E-state index contributed by atoms with van der Waals surface area (Å²) in [5.41, 5.74) is 0.226. The predicted molar refractivity (Wildman–Crippen MR) is 94.3 cm³/mol. The third-order valence-corrected chi connectivity index (χ3v) is 7.28. The van der Waals surface area contributed by atoms with Crippen molar-refractivity contribution in [2.45, 2.75) is 65.8 Å². The van der Waals surface area contributed by atoms with E-state index in [1.165, 1.54) is 45.3 Å². The highest BCUT2D eigenvalue weighted by molar-refractivity contribution is 5.77. The zero-order chi connectivity index (χ0) is 17.1. The Morgan fingerprint density at radius 1 is 1.17 bits per heavy atom. The first-order valence-electron chi connectivity index (χ1n) is 9.81. The van der Waals surface area contributed by atoms with Crippen LogP contribution in [0.1, 0.15) is 60.3 Å². The first-order chi connectivity index (χ1) is 10.8. The fourth-order valence-electron chi connectivity index (χ4n) is 5.05. The molecule has 0 saturated heterocycles. The number of hydrogen-bond acceptors (Lipinski definition) is 1. The Labute approximate surface area is 142 Å². The number of quaternary nitrogens is 2. The minimum Gasteiger partial charge on any atom is -0.345 e. The van der Waals surface area contributed by atoms with E-state index in [4.69, 9.17) is 0 Å². The number of nitrogens with two attached hydrogens (primary N) is 1. The molecule has 2 saturated carbocycles. The van der Waals surface area contributed by atoms with Crippen LogP contribution in [0.4, 0.5) is 0 Å². The second-order valence-corrected chi connectivity index (χ2v) is 8.52. The number of nitrogens with one attached hydrogen (secondary N) is 2. The average Bonchev–Trinajstić information content (AvgIpc) is 3.06. The van der Waals surface area contributed by atoms with Crippen LogP contribution >= 0.6 is 0 Å². The second kappa shape index (κ2) is 7.52. The Balaban J connectivity index is 1.71. The summed E-state index contributed by atoms with van der Waals surface area (Å²) >= 11 is 0. The van der Waals surface area contributed by atoms with Crippen LogP contribution in [-0.4, -0.2) is 44.2 Å². The van der Waals surface area contributed by atoms with Gasteiger partial charge in [-0.25, -0.2) is 0 Å². The van der Waals surface area contributed by atoms with Gasteiger partial charge in [-0.15, -0.1) is 0 Å². The van der Waals surface area contributed by atoms with E-state index in [0.717, 1.165) is 12.5 Å². The van der Waals surface area contributed by atoms with Crippen LogP contribution in [0.25, 0.3) is 0 Å². The van der Waals surface area contributed by atoms with Crippen molar-refractivity contribution in [2.75, 3.05) is 32.7 Å². The van der Waals surface area contributed by atoms with Crippen LogP contribution in [-0.2, 0) is 4.79 Å². The van der Waals surface area contributed by atoms with Crippen molar-refractivity contribution in [1.82, 2.24) is 5.32 Å². The van der Waals surface area contributed by atoms with Gasteiger partial charge in [0, 0.05) is 12.0 Å². The van der Waals surface area contributed by atoms with Gasteiger partial charge in [-0.05, 0) is 57.3 Å². The van der Waals surface area contributed by atoms with E-state index in [1.807, 2.05) is 0 Å². The molecule has 4 N–H and O–H groups in total. The standard InChI is InChI=1S/C19H37N3O/c1-6-22(7-2)12-8-11-20-14-17(23)21-19(5)16-10-9-15(13-16)18(19,3)4/h15-16,20H,6-14H2,1-5H3,(H,21,23)/p+2/t15-,16+,19-/m0/s1. The summed E-state index contributed by atoms with van der Waals surface area (Å²) < 4.78 is 0. The molecule has 3 atom stereocenters. The molecule has 0 aromatic carbocycles. The maximum absolute atomic E-state index is 12.4. The lowest BCUT2D eigenvalue weighted by Gasteiger charge is -2.48. The number of rotatable bonds is 9. The zero-order valence-corrected chi connectivity index (χ0v) is 16.0. The Bertz CT molecular complexity index is 405. The summed E-state index contributed by atoms with van der Waals surface area (Å²) in [6.45, 7) is 16.8.